The molecule has 0 saturated carbocycles. The molecule has 4 heteroatoms. The van der Waals surface area contributed by atoms with Gasteiger partial charge in [0.15, 0.2) is 0 Å². The van der Waals surface area contributed by atoms with Gasteiger partial charge in [-0.05, 0) is 19.4 Å². The third-order valence-electron chi connectivity index (χ3n) is 2.40. The van der Waals surface area contributed by atoms with Crippen LogP contribution in [0.5, 0.6) is 0 Å². The first-order chi connectivity index (χ1) is 7.26. The monoisotopic (exact) mass is 206 g/mol. The van der Waals surface area contributed by atoms with Gasteiger partial charge in [0.2, 0.25) is 0 Å². The number of nitrogens with zero attached hydrogens (tertiary/aromatic N) is 2. The van der Waals surface area contributed by atoms with E-state index in [-0.39, 0.29) is 6.04 Å². The zero-order valence-corrected chi connectivity index (χ0v) is 9.33. The molecule has 0 aliphatic rings. The summed E-state index contributed by atoms with van der Waals surface area (Å²) in [5, 5.41) is 4.45. The zero-order chi connectivity index (χ0) is 11.3. The Kier molecular flexibility index (Phi) is 4.35. The van der Waals surface area contributed by atoms with Crippen LogP contribution in [0.4, 0.5) is 0 Å². The Balaban J connectivity index is 2.99. The molecule has 4 nitrogen and oxygen atoms in total. The first-order valence-electron chi connectivity index (χ1n) is 5.23. The maximum absolute atomic E-state index is 5.48. The van der Waals surface area contributed by atoms with Crippen molar-refractivity contribution in [2.75, 3.05) is 0 Å². The van der Waals surface area contributed by atoms with Gasteiger partial charge in [-0.15, -0.1) is 12.3 Å². The standard InChI is InChI=1S/C11H18N4/c1-4-7-10(13-12)11-8-9(5-2)14-15(11)6-3/h1,8,10,13H,5-7,12H2,2-3H3. The lowest BCUT2D eigenvalue weighted by Gasteiger charge is -2.13. The van der Waals surface area contributed by atoms with Gasteiger partial charge in [0.05, 0.1) is 17.4 Å². The lowest BCUT2D eigenvalue weighted by atomic mass is 10.1. The maximum Gasteiger partial charge on any atom is 0.0738 e. The molecular weight excluding hydrogens is 188 g/mol. The Hall–Kier alpha value is -1.31. The molecule has 1 atom stereocenters. The average molecular weight is 206 g/mol. The zero-order valence-electron chi connectivity index (χ0n) is 9.33. The van der Waals surface area contributed by atoms with E-state index in [1.807, 2.05) is 4.68 Å². The van der Waals surface area contributed by atoms with Gasteiger partial charge in [0.25, 0.3) is 0 Å². The summed E-state index contributed by atoms with van der Waals surface area (Å²) in [6.07, 6.45) is 6.80. The molecule has 0 aromatic carbocycles. The minimum atomic E-state index is -0.0113. The van der Waals surface area contributed by atoms with Gasteiger partial charge >= 0.3 is 0 Å². The largest absolute Gasteiger partial charge is 0.271 e. The van der Waals surface area contributed by atoms with Crippen molar-refractivity contribution in [2.24, 2.45) is 5.84 Å². The number of terminal acetylenes is 1. The second kappa shape index (κ2) is 5.54. The molecule has 0 saturated heterocycles. The Morgan fingerprint density at radius 1 is 1.67 bits per heavy atom. The normalized spacial score (nSPS) is 12.4. The van der Waals surface area contributed by atoms with Crippen molar-refractivity contribution in [3.8, 4) is 12.3 Å². The summed E-state index contributed by atoms with van der Waals surface area (Å²) in [5.41, 5.74) is 4.87. The van der Waals surface area contributed by atoms with E-state index in [2.05, 4.69) is 36.4 Å². The third kappa shape index (κ3) is 2.58. The second-order valence-corrected chi connectivity index (χ2v) is 3.36. The lowest BCUT2D eigenvalue weighted by Crippen LogP contribution is -2.29. The Morgan fingerprint density at radius 2 is 2.40 bits per heavy atom. The first-order valence-corrected chi connectivity index (χ1v) is 5.23. The predicted molar refractivity (Wildman–Crippen MR) is 60.8 cm³/mol. The van der Waals surface area contributed by atoms with Gasteiger partial charge in [0.1, 0.15) is 0 Å². The van der Waals surface area contributed by atoms with E-state index in [0.717, 1.165) is 24.4 Å². The highest BCUT2D eigenvalue weighted by molar-refractivity contribution is 5.16. The molecule has 0 aliphatic heterocycles. The van der Waals surface area contributed by atoms with Crippen molar-refractivity contribution in [3.63, 3.8) is 0 Å². The van der Waals surface area contributed by atoms with Crippen LogP contribution in [0.2, 0.25) is 0 Å². The summed E-state index contributed by atoms with van der Waals surface area (Å²) in [4.78, 5) is 0. The molecule has 1 unspecified atom stereocenters. The number of hydrogen-bond donors (Lipinski definition) is 2. The van der Waals surface area contributed by atoms with E-state index in [0.29, 0.717) is 6.42 Å². The van der Waals surface area contributed by atoms with Gasteiger partial charge in [-0.1, -0.05) is 6.92 Å². The molecule has 1 aromatic rings. The predicted octanol–water partition coefficient (Wildman–Crippen LogP) is 0.993. The number of aromatic nitrogens is 2. The molecule has 0 fully saturated rings. The molecule has 0 bridgehead atoms. The highest BCUT2D eigenvalue weighted by Crippen LogP contribution is 2.17. The average Bonchev–Trinajstić information content (AvgIpc) is 2.68. The minimum Gasteiger partial charge on any atom is -0.271 e. The number of nitrogens with two attached hydrogens (primary N) is 1. The summed E-state index contributed by atoms with van der Waals surface area (Å²) >= 11 is 0. The highest BCUT2D eigenvalue weighted by Gasteiger charge is 2.14. The highest BCUT2D eigenvalue weighted by atomic mass is 15.3. The fraction of sp³-hybridized carbons (Fsp3) is 0.545. The number of rotatable bonds is 5. The van der Waals surface area contributed by atoms with Crippen LogP contribution in [0, 0.1) is 12.3 Å². The fourth-order valence-electron chi connectivity index (χ4n) is 1.56. The van der Waals surface area contributed by atoms with Gasteiger partial charge in [-0.25, -0.2) is 0 Å². The smallest absolute Gasteiger partial charge is 0.0738 e. The van der Waals surface area contributed by atoms with Crippen LogP contribution in [0.1, 0.15) is 37.7 Å². The Morgan fingerprint density at radius 3 is 2.87 bits per heavy atom. The Labute approximate surface area is 90.8 Å². The molecule has 0 aliphatic carbocycles. The van der Waals surface area contributed by atoms with Crippen LogP contribution in [0.15, 0.2) is 6.07 Å². The topological polar surface area (TPSA) is 55.9 Å². The molecule has 0 amide bonds. The molecule has 0 spiro atoms. The van der Waals surface area contributed by atoms with Crippen molar-refractivity contribution >= 4 is 0 Å². The third-order valence-corrected chi connectivity index (χ3v) is 2.40. The molecule has 82 valence electrons. The van der Waals surface area contributed by atoms with Crippen LogP contribution in [-0.2, 0) is 13.0 Å². The van der Waals surface area contributed by atoms with Gasteiger partial charge < -0.3 is 0 Å². The van der Waals surface area contributed by atoms with Crippen molar-refractivity contribution in [1.82, 2.24) is 15.2 Å². The van der Waals surface area contributed by atoms with Crippen molar-refractivity contribution in [3.05, 3.63) is 17.5 Å². The number of nitrogens with one attached hydrogen (secondary N) is 1. The first kappa shape index (κ1) is 11.8. The van der Waals surface area contributed by atoms with E-state index in [9.17, 15) is 0 Å². The molecule has 1 aromatic heterocycles. The van der Waals surface area contributed by atoms with Crippen molar-refractivity contribution in [2.45, 2.75) is 39.3 Å². The number of hydrazine groups is 1. The summed E-state index contributed by atoms with van der Waals surface area (Å²) in [6, 6.07) is 2.05. The molecular formula is C11H18N4. The SMILES string of the molecule is C#CCC(NN)c1cc(CC)nn1CC. The molecule has 3 N–H and O–H groups in total. The van der Waals surface area contributed by atoms with Gasteiger partial charge in [0, 0.05) is 13.0 Å². The van der Waals surface area contributed by atoms with E-state index in [1.54, 1.807) is 0 Å². The quantitative estimate of drug-likeness (QED) is 0.429. The molecule has 0 radical (unpaired) electrons. The lowest BCUT2D eigenvalue weighted by molar-refractivity contribution is 0.500. The molecule has 1 rings (SSSR count). The summed E-state index contributed by atoms with van der Waals surface area (Å²) in [5.74, 6) is 8.09. The van der Waals surface area contributed by atoms with Gasteiger partial charge in [-0.3, -0.25) is 16.0 Å². The number of hydrogen-bond acceptors (Lipinski definition) is 3. The van der Waals surface area contributed by atoms with Crippen LogP contribution in [0.3, 0.4) is 0 Å². The number of aryl methyl sites for hydroxylation is 2. The van der Waals surface area contributed by atoms with Crippen molar-refractivity contribution in [1.29, 1.82) is 0 Å². The summed E-state index contributed by atoms with van der Waals surface area (Å²) < 4.78 is 1.95. The van der Waals surface area contributed by atoms with Crippen LogP contribution in [0.25, 0.3) is 0 Å². The van der Waals surface area contributed by atoms with Crippen LogP contribution >= 0.6 is 0 Å². The summed E-state index contributed by atoms with van der Waals surface area (Å²) in [6.45, 7) is 4.97. The van der Waals surface area contributed by atoms with Crippen LogP contribution < -0.4 is 11.3 Å². The summed E-state index contributed by atoms with van der Waals surface area (Å²) in [7, 11) is 0. The fourth-order valence-corrected chi connectivity index (χ4v) is 1.56. The van der Waals surface area contributed by atoms with Crippen LogP contribution in [-0.4, -0.2) is 9.78 Å². The molecule has 15 heavy (non-hydrogen) atoms. The second-order valence-electron chi connectivity index (χ2n) is 3.36. The van der Waals surface area contributed by atoms with E-state index in [4.69, 9.17) is 12.3 Å². The maximum atomic E-state index is 5.48. The van der Waals surface area contributed by atoms with Crippen molar-refractivity contribution < 1.29 is 0 Å². The molecule has 1 heterocycles. The Bertz CT molecular complexity index is 348. The van der Waals surface area contributed by atoms with E-state index < -0.39 is 0 Å². The van der Waals surface area contributed by atoms with E-state index in [1.165, 1.54) is 0 Å². The van der Waals surface area contributed by atoms with Gasteiger partial charge in [-0.2, -0.15) is 5.10 Å². The van der Waals surface area contributed by atoms with E-state index >= 15 is 0 Å². The minimum absolute atomic E-state index is 0.0113.